The highest BCUT2D eigenvalue weighted by Gasteiger charge is 2.14. The maximum Gasteiger partial charge on any atom is 0.244 e. The van der Waals surface area contributed by atoms with Gasteiger partial charge < -0.3 is 15.1 Å². The molecule has 5 heteroatoms. The minimum atomic E-state index is -0.162. The first-order valence-electron chi connectivity index (χ1n) is 7.22. The fraction of sp³-hybridized carbons (Fsp3) is 0.500. The summed E-state index contributed by atoms with van der Waals surface area (Å²) < 4.78 is 0. The van der Waals surface area contributed by atoms with Gasteiger partial charge in [0.25, 0.3) is 0 Å². The summed E-state index contributed by atoms with van der Waals surface area (Å²) in [6, 6.07) is 7.72. The standard InChI is InChI=1S/C16H25N3O2/c1-5-14-8-6-7-9-15(14)17-16(21)12-19(13(2)20)11-10-18(3)4/h6-9H,5,10-12H2,1-4H3,(H,17,21). The fourth-order valence-corrected chi connectivity index (χ4v) is 1.98. The summed E-state index contributed by atoms with van der Waals surface area (Å²) in [5.41, 5.74) is 1.91. The number of nitrogens with one attached hydrogen (secondary N) is 1. The Kier molecular flexibility index (Phi) is 6.88. The van der Waals surface area contributed by atoms with Gasteiger partial charge in [0.15, 0.2) is 0 Å². The first-order chi connectivity index (χ1) is 9.93. The highest BCUT2D eigenvalue weighted by Crippen LogP contribution is 2.15. The van der Waals surface area contributed by atoms with Crippen LogP contribution in [0, 0.1) is 0 Å². The van der Waals surface area contributed by atoms with Crippen molar-refractivity contribution >= 4 is 17.5 Å². The molecular formula is C16H25N3O2. The van der Waals surface area contributed by atoms with Gasteiger partial charge in [0.2, 0.25) is 11.8 Å². The smallest absolute Gasteiger partial charge is 0.244 e. The predicted octanol–water partition coefficient (Wildman–Crippen LogP) is 1.60. The minimum Gasteiger partial charge on any atom is -0.332 e. The van der Waals surface area contributed by atoms with E-state index in [0.29, 0.717) is 6.54 Å². The number of carbonyl (C=O) groups is 2. The molecule has 0 aromatic heterocycles. The quantitative estimate of drug-likeness (QED) is 0.830. The van der Waals surface area contributed by atoms with Crippen molar-refractivity contribution in [3.63, 3.8) is 0 Å². The molecule has 1 N–H and O–H groups in total. The van der Waals surface area contributed by atoms with Gasteiger partial charge in [-0.2, -0.15) is 0 Å². The highest BCUT2D eigenvalue weighted by molar-refractivity contribution is 5.94. The highest BCUT2D eigenvalue weighted by atomic mass is 16.2. The van der Waals surface area contributed by atoms with E-state index in [1.54, 1.807) is 4.90 Å². The number of aryl methyl sites for hydroxylation is 1. The first kappa shape index (κ1) is 17.2. The van der Waals surface area contributed by atoms with E-state index in [4.69, 9.17) is 0 Å². The third kappa shape index (κ3) is 5.95. The van der Waals surface area contributed by atoms with Crippen LogP contribution < -0.4 is 5.32 Å². The van der Waals surface area contributed by atoms with E-state index in [0.717, 1.165) is 24.2 Å². The van der Waals surface area contributed by atoms with Crippen molar-refractivity contribution in [2.45, 2.75) is 20.3 Å². The number of hydrogen-bond donors (Lipinski definition) is 1. The number of likely N-dealkylation sites (N-methyl/N-ethyl adjacent to an activating group) is 1. The Morgan fingerprint density at radius 1 is 1.14 bits per heavy atom. The van der Waals surface area contributed by atoms with Gasteiger partial charge in [0.05, 0.1) is 6.54 Å². The molecule has 0 spiro atoms. The molecule has 0 saturated carbocycles. The summed E-state index contributed by atoms with van der Waals surface area (Å²) in [6.07, 6.45) is 0.855. The molecule has 1 aromatic carbocycles. The SMILES string of the molecule is CCc1ccccc1NC(=O)CN(CCN(C)C)C(C)=O. The van der Waals surface area contributed by atoms with Crippen LogP contribution in [0.25, 0.3) is 0 Å². The van der Waals surface area contributed by atoms with Crippen molar-refractivity contribution in [1.29, 1.82) is 0 Å². The summed E-state index contributed by atoms with van der Waals surface area (Å²) >= 11 is 0. The topological polar surface area (TPSA) is 52.7 Å². The van der Waals surface area contributed by atoms with Gasteiger partial charge >= 0.3 is 0 Å². The number of hydrogen-bond acceptors (Lipinski definition) is 3. The van der Waals surface area contributed by atoms with Crippen LogP contribution >= 0.6 is 0 Å². The number of anilines is 1. The van der Waals surface area contributed by atoms with Gasteiger partial charge in [-0.1, -0.05) is 25.1 Å². The van der Waals surface area contributed by atoms with Crippen LogP contribution in [0.3, 0.4) is 0 Å². The Labute approximate surface area is 126 Å². The molecule has 0 aliphatic heterocycles. The Balaban J connectivity index is 2.63. The normalized spacial score (nSPS) is 10.5. The van der Waals surface area contributed by atoms with Crippen LogP contribution in [0.1, 0.15) is 19.4 Å². The maximum absolute atomic E-state index is 12.1. The van der Waals surface area contributed by atoms with Gasteiger partial charge in [-0.25, -0.2) is 0 Å². The van der Waals surface area contributed by atoms with Crippen LogP contribution in [0.15, 0.2) is 24.3 Å². The molecule has 116 valence electrons. The second-order valence-corrected chi connectivity index (χ2v) is 5.30. The van der Waals surface area contributed by atoms with E-state index < -0.39 is 0 Å². The average Bonchev–Trinajstić information content (AvgIpc) is 2.43. The lowest BCUT2D eigenvalue weighted by atomic mass is 10.1. The van der Waals surface area contributed by atoms with Crippen LogP contribution in [-0.2, 0) is 16.0 Å². The largest absolute Gasteiger partial charge is 0.332 e. The Hall–Kier alpha value is -1.88. The zero-order chi connectivity index (χ0) is 15.8. The van der Waals surface area contributed by atoms with Crippen molar-refractivity contribution in [2.75, 3.05) is 39.0 Å². The monoisotopic (exact) mass is 291 g/mol. The van der Waals surface area contributed by atoms with Crippen LogP contribution in [0.2, 0.25) is 0 Å². The van der Waals surface area contributed by atoms with Crippen molar-refractivity contribution in [3.8, 4) is 0 Å². The molecule has 0 saturated heterocycles. The van der Waals surface area contributed by atoms with Crippen LogP contribution in [-0.4, -0.2) is 55.3 Å². The number of benzene rings is 1. The molecule has 0 heterocycles. The summed E-state index contributed by atoms with van der Waals surface area (Å²) in [7, 11) is 3.88. The Bertz CT molecular complexity index is 486. The number of nitrogens with zero attached hydrogens (tertiary/aromatic N) is 2. The van der Waals surface area contributed by atoms with Gasteiger partial charge in [-0.15, -0.1) is 0 Å². The van der Waals surface area contributed by atoms with Crippen molar-refractivity contribution in [3.05, 3.63) is 29.8 Å². The number of rotatable bonds is 7. The zero-order valence-corrected chi connectivity index (χ0v) is 13.3. The summed E-state index contributed by atoms with van der Waals surface area (Å²) in [6.45, 7) is 4.90. The Morgan fingerprint density at radius 3 is 2.38 bits per heavy atom. The lowest BCUT2D eigenvalue weighted by Crippen LogP contribution is -2.40. The lowest BCUT2D eigenvalue weighted by Gasteiger charge is -2.22. The molecule has 1 aromatic rings. The predicted molar refractivity (Wildman–Crippen MR) is 85.3 cm³/mol. The van der Waals surface area contributed by atoms with E-state index in [2.05, 4.69) is 5.32 Å². The van der Waals surface area contributed by atoms with E-state index in [9.17, 15) is 9.59 Å². The van der Waals surface area contributed by atoms with Crippen molar-refractivity contribution in [2.24, 2.45) is 0 Å². The molecule has 21 heavy (non-hydrogen) atoms. The number of amides is 2. The fourth-order valence-electron chi connectivity index (χ4n) is 1.98. The maximum atomic E-state index is 12.1. The second-order valence-electron chi connectivity index (χ2n) is 5.30. The lowest BCUT2D eigenvalue weighted by molar-refractivity contribution is -0.132. The molecule has 5 nitrogen and oxygen atoms in total. The molecule has 0 radical (unpaired) electrons. The molecule has 0 bridgehead atoms. The Morgan fingerprint density at radius 2 is 1.81 bits per heavy atom. The average molecular weight is 291 g/mol. The third-order valence-corrected chi connectivity index (χ3v) is 3.27. The van der Waals surface area contributed by atoms with E-state index in [1.165, 1.54) is 6.92 Å². The van der Waals surface area contributed by atoms with Crippen molar-refractivity contribution in [1.82, 2.24) is 9.80 Å². The van der Waals surface area contributed by atoms with Crippen molar-refractivity contribution < 1.29 is 9.59 Å². The van der Waals surface area contributed by atoms with Gasteiger partial charge in [-0.05, 0) is 32.1 Å². The summed E-state index contributed by atoms with van der Waals surface area (Å²) in [5.74, 6) is -0.249. The van der Waals surface area contributed by atoms with E-state index in [1.807, 2.05) is 50.2 Å². The molecule has 0 atom stereocenters. The number of carbonyl (C=O) groups excluding carboxylic acids is 2. The molecule has 2 amide bonds. The molecular weight excluding hydrogens is 266 g/mol. The van der Waals surface area contributed by atoms with Gasteiger partial charge in [0, 0.05) is 25.7 Å². The zero-order valence-electron chi connectivity index (χ0n) is 13.3. The molecule has 0 unspecified atom stereocenters. The van der Waals surface area contributed by atoms with E-state index in [-0.39, 0.29) is 18.4 Å². The number of para-hydroxylation sites is 1. The molecule has 0 aliphatic carbocycles. The van der Waals surface area contributed by atoms with Crippen LogP contribution in [0.5, 0.6) is 0 Å². The first-order valence-corrected chi connectivity index (χ1v) is 7.22. The van der Waals surface area contributed by atoms with Crippen LogP contribution in [0.4, 0.5) is 5.69 Å². The minimum absolute atomic E-state index is 0.0845. The van der Waals surface area contributed by atoms with Gasteiger partial charge in [-0.3, -0.25) is 9.59 Å². The van der Waals surface area contributed by atoms with E-state index >= 15 is 0 Å². The van der Waals surface area contributed by atoms with Gasteiger partial charge in [0.1, 0.15) is 0 Å². The summed E-state index contributed by atoms with van der Waals surface area (Å²) in [4.78, 5) is 27.3. The molecule has 0 aliphatic rings. The molecule has 0 fully saturated rings. The second kappa shape index (κ2) is 8.42. The third-order valence-electron chi connectivity index (χ3n) is 3.27. The summed E-state index contributed by atoms with van der Waals surface area (Å²) in [5, 5.41) is 2.89. The molecule has 1 rings (SSSR count).